The van der Waals surface area contributed by atoms with Crippen molar-refractivity contribution < 1.29 is 38.8 Å². The van der Waals surface area contributed by atoms with Crippen molar-refractivity contribution in [2.45, 2.75) is 51.5 Å². The maximum atomic E-state index is 14.3. The van der Waals surface area contributed by atoms with E-state index in [1.807, 2.05) is 54.8 Å². The Labute approximate surface area is 267 Å². The molecule has 4 aromatic rings. The molecule has 0 aliphatic heterocycles. The van der Waals surface area contributed by atoms with E-state index in [1.165, 1.54) is 18.2 Å². The maximum absolute atomic E-state index is 14.3. The summed E-state index contributed by atoms with van der Waals surface area (Å²) in [7, 11) is 3.10. The molecule has 4 N–H and O–H groups in total. The van der Waals surface area contributed by atoms with Crippen LogP contribution in [0.15, 0.2) is 78.9 Å². The molecule has 46 heavy (non-hydrogen) atoms. The molecule has 0 spiro atoms. The van der Waals surface area contributed by atoms with E-state index in [9.17, 15) is 24.2 Å². The zero-order chi connectivity index (χ0) is 33.4. The normalized spacial score (nSPS) is 12.7. The van der Waals surface area contributed by atoms with Crippen LogP contribution in [0.1, 0.15) is 54.5 Å². The third-order valence-corrected chi connectivity index (χ3v) is 7.50. The number of methoxy groups -OCH3 is 2. The lowest BCUT2D eigenvalue weighted by Crippen LogP contribution is -2.27. The summed E-state index contributed by atoms with van der Waals surface area (Å²) >= 11 is 0. The second-order valence-electron chi connectivity index (χ2n) is 11.1. The molecule has 0 bridgehead atoms. The van der Waals surface area contributed by atoms with Crippen LogP contribution in [0.2, 0.25) is 0 Å². The Hall–Kier alpha value is -4.93. The summed E-state index contributed by atoms with van der Waals surface area (Å²) in [5.74, 6) is -0.793. The number of hydrogen-bond donors (Lipinski definition) is 4. The summed E-state index contributed by atoms with van der Waals surface area (Å²) in [5, 5.41) is 32.9. The summed E-state index contributed by atoms with van der Waals surface area (Å²) < 4.78 is 26.8. The Morgan fingerprint density at radius 2 is 1.61 bits per heavy atom. The molecular formula is C36H39FN2O7. The van der Waals surface area contributed by atoms with Crippen LogP contribution in [0, 0.1) is 5.82 Å². The number of aromatic nitrogens is 1. The average molecular weight is 631 g/mol. The summed E-state index contributed by atoms with van der Waals surface area (Å²) in [6.45, 7) is 4.01. The Kier molecular flexibility index (Phi) is 11.3. The van der Waals surface area contributed by atoms with Crippen LogP contribution < -0.4 is 14.8 Å². The Morgan fingerprint density at radius 1 is 0.935 bits per heavy atom. The fourth-order valence-corrected chi connectivity index (χ4v) is 5.43. The van der Waals surface area contributed by atoms with Crippen molar-refractivity contribution in [3.63, 3.8) is 0 Å². The van der Waals surface area contributed by atoms with Crippen LogP contribution in [0.4, 0.5) is 4.39 Å². The molecule has 0 aliphatic rings. The van der Waals surface area contributed by atoms with Crippen molar-refractivity contribution in [3.05, 3.63) is 102 Å². The molecule has 1 aromatic heterocycles. The fraction of sp³-hybridized carbons (Fsp3) is 0.278. The summed E-state index contributed by atoms with van der Waals surface area (Å²) in [6, 6.07) is 20.4. The van der Waals surface area contributed by atoms with Crippen molar-refractivity contribution in [1.29, 1.82) is 0 Å². The van der Waals surface area contributed by atoms with Gasteiger partial charge in [-0.3, -0.25) is 9.59 Å². The highest BCUT2D eigenvalue weighted by molar-refractivity contribution is 6.06. The van der Waals surface area contributed by atoms with Gasteiger partial charge in [0.05, 0.1) is 32.8 Å². The molecule has 0 saturated carbocycles. The first-order valence-corrected chi connectivity index (χ1v) is 14.9. The highest BCUT2D eigenvalue weighted by Crippen LogP contribution is 2.42. The molecule has 1 amide bonds. The van der Waals surface area contributed by atoms with Gasteiger partial charge in [-0.2, -0.15) is 0 Å². The average Bonchev–Trinajstić information content (AvgIpc) is 3.38. The van der Waals surface area contributed by atoms with Gasteiger partial charge in [0.1, 0.15) is 23.0 Å². The largest absolute Gasteiger partial charge is 0.497 e. The number of aliphatic hydroxyl groups excluding tert-OH is 2. The number of benzene rings is 3. The summed E-state index contributed by atoms with van der Waals surface area (Å²) in [5.41, 5.74) is 4.31. The topological polar surface area (TPSA) is 130 Å². The highest BCUT2D eigenvalue weighted by atomic mass is 19.1. The van der Waals surface area contributed by atoms with Crippen molar-refractivity contribution in [3.8, 4) is 33.8 Å². The van der Waals surface area contributed by atoms with Crippen LogP contribution in [0.3, 0.4) is 0 Å². The van der Waals surface area contributed by atoms with E-state index in [1.54, 1.807) is 44.6 Å². The molecule has 0 fully saturated rings. The molecule has 9 nitrogen and oxygen atoms in total. The Balaban J connectivity index is 1.90. The third-order valence-electron chi connectivity index (χ3n) is 7.50. The van der Waals surface area contributed by atoms with Crippen molar-refractivity contribution in [2.24, 2.45) is 0 Å². The van der Waals surface area contributed by atoms with Crippen LogP contribution in [-0.4, -0.2) is 58.2 Å². The van der Waals surface area contributed by atoms with Gasteiger partial charge in [0, 0.05) is 47.5 Å². The second kappa shape index (κ2) is 15.4. The number of hydrogen-bond acceptors (Lipinski definition) is 6. The minimum Gasteiger partial charge on any atom is -0.497 e. The molecule has 3 aromatic carbocycles. The molecule has 0 saturated heterocycles. The summed E-state index contributed by atoms with van der Waals surface area (Å²) in [6.07, 6.45) is -0.0000707. The highest BCUT2D eigenvalue weighted by Gasteiger charge is 2.29. The monoisotopic (exact) mass is 630 g/mol. The summed E-state index contributed by atoms with van der Waals surface area (Å²) in [4.78, 5) is 25.3. The minimum atomic E-state index is -1.25. The molecule has 2 atom stereocenters. The number of ether oxygens (including phenoxy) is 2. The van der Waals surface area contributed by atoms with Crippen LogP contribution in [0.5, 0.6) is 11.5 Å². The van der Waals surface area contributed by atoms with E-state index < -0.39 is 30.4 Å². The molecular weight excluding hydrogens is 591 g/mol. The van der Waals surface area contributed by atoms with Crippen LogP contribution in [-0.2, 0) is 11.3 Å². The molecule has 0 aliphatic carbocycles. The van der Waals surface area contributed by atoms with Gasteiger partial charge in [-0.25, -0.2) is 4.39 Å². The second-order valence-corrected chi connectivity index (χ2v) is 11.1. The first kappa shape index (κ1) is 34.0. The molecule has 0 radical (unpaired) electrons. The van der Waals surface area contributed by atoms with Gasteiger partial charge in [-0.15, -0.1) is 0 Å². The van der Waals surface area contributed by atoms with Gasteiger partial charge in [0.15, 0.2) is 0 Å². The van der Waals surface area contributed by atoms with Crippen LogP contribution >= 0.6 is 0 Å². The number of aliphatic carboxylic acids is 1. The van der Waals surface area contributed by atoms with Crippen molar-refractivity contribution in [2.75, 3.05) is 14.2 Å². The maximum Gasteiger partial charge on any atom is 0.305 e. The zero-order valence-corrected chi connectivity index (χ0v) is 26.2. The number of aliphatic hydroxyl groups is 2. The van der Waals surface area contributed by atoms with Gasteiger partial charge in [0.25, 0.3) is 5.91 Å². The number of carbonyl (C=O) groups excluding carboxylic acids is 1. The van der Waals surface area contributed by atoms with E-state index in [2.05, 4.69) is 5.32 Å². The van der Waals surface area contributed by atoms with Crippen LogP contribution in [0.25, 0.3) is 28.3 Å². The van der Waals surface area contributed by atoms with Gasteiger partial charge >= 0.3 is 5.97 Å². The van der Waals surface area contributed by atoms with Gasteiger partial charge < -0.3 is 34.7 Å². The van der Waals surface area contributed by atoms with Gasteiger partial charge in [-0.1, -0.05) is 48.5 Å². The number of nitrogens with one attached hydrogen (secondary N) is 1. The number of rotatable bonds is 14. The fourth-order valence-electron chi connectivity index (χ4n) is 5.43. The predicted molar refractivity (Wildman–Crippen MR) is 174 cm³/mol. The first-order chi connectivity index (χ1) is 22.0. The van der Waals surface area contributed by atoms with E-state index in [0.717, 1.165) is 11.1 Å². The van der Waals surface area contributed by atoms with Gasteiger partial charge in [0.2, 0.25) is 0 Å². The Bertz CT molecular complexity index is 1680. The molecule has 0 unspecified atom stereocenters. The van der Waals surface area contributed by atoms with Crippen molar-refractivity contribution in [1.82, 2.24) is 9.88 Å². The van der Waals surface area contributed by atoms with E-state index in [-0.39, 0.29) is 24.9 Å². The molecule has 10 heteroatoms. The SMILES string of the molecule is COc1ccc(CNC(=O)c2c(-c3ccccc3)c(-c3ccc(F)cc3)c(/C=C/[C@@H](O)C[C@@H](O)CC(=O)O)n2C(C)C)c(OC)c1. The lowest BCUT2D eigenvalue weighted by Gasteiger charge is -2.18. The third kappa shape index (κ3) is 8.01. The minimum absolute atomic E-state index is 0.154. The molecule has 242 valence electrons. The van der Waals surface area contributed by atoms with Crippen molar-refractivity contribution >= 4 is 18.0 Å². The lowest BCUT2D eigenvalue weighted by molar-refractivity contribution is -0.139. The first-order valence-electron chi connectivity index (χ1n) is 14.9. The lowest BCUT2D eigenvalue weighted by atomic mass is 9.94. The quantitative estimate of drug-likeness (QED) is 0.133. The van der Waals surface area contributed by atoms with E-state index in [4.69, 9.17) is 14.6 Å². The molecule has 4 rings (SSSR count). The zero-order valence-electron chi connectivity index (χ0n) is 26.2. The number of amides is 1. The number of halogens is 1. The van der Waals surface area contributed by atoms with Gasteiger partial charge in [-0.05, 0) is 55.3 Å². The predicted octanol–water partition coefficient (Wildman–Crippen LogP) is 6.09. The number of carboxylic acids is 1. The number of carboxylic acid groups (broad SMARTS) is 1. The van der Waals surface area contributed by atoms with E-state index in [0.29, 0.717) is 39.6 Å². The molecule has 1 heterocycles. The number of nitrogens with zero attached hydrogens (tertiary/aromatic N) is 1. The number of carbonyl (C=O) groups is 2. The Morgan fingerprint density at radius 3 is 2.22 bits per heavy atom. The smallest absolute Gasteiger partial charge is 0.305 e. The van der Waals surface area contributed by atoms with E-state index >= 15 is 0 Å². The standard InChI is InChI=1S/C36H39FN2O7/c1-22(2)39-30(17-15-27(40)18-28(41)19-32(42)43)33(24-10-13-26(37)14-11-24)34(23-8-6-5-7-9-23)35(39)36(44)38-21-25-12-16-29(45-3)20-31(25)46-4/h5-17,20,22,27-28,40-41H,18-19,21H2,1-4H3,(H,38,44)(H,42,43)/b17-15+/t27-,28-/m1/s1.